The molecule has 1 unspecified atom stereocenters. The van der Waals surface area contributed by atoms with Gasteiger partial charge in [-0.2, -0.15) is 0 Å². The first kappa shape index (κ1) is 11.9. The molecule has 1 aliphatic heterocycles. The molecule has 0 saturated carbocycles. The summed E-state index contributed by atoms with van der Waals surface area (Å²) in [5.74, 6) is 0.633. The van der Waals surface area contributed by atoms with Gasteiger partial charge in [0.15, 0.2) is 0 Å². The Kier molecular flexibility index (Phi) is 2.82. The predicted octanol–water partition coefficient (Wildman–Crippen LogP) is 3.18. The highest BCUT2D eigenvalue weighted by atomic mass is 15.1. The molecule has 0 amide bonds. The van der Waals surface area contributed by atoms with E-state index in [1.165, 1.54) is 11.3 Å². The lowest BCUT2D eigenvalue weighted by Crippen LogP contribution is -2.30. The van der Waals surface area contributed by atoms with Crippen molar-refractivity contribution in [2.45, 2.75) is 13.3 Å². The molecule has 0 spiro atoms. The van der Waals surface area contributed by atoms with Gasteiger partial charge in [-0.25, -0.2) is 0 Å². The SMILES string of the molecule is CC1Cc2ccccc2N(c2ccc(N)c(N)c2)C1. The minimum absolute atomic E-state index is 0.633. The van der Waals surface area contributed by atoms with Crippen LogP contribution in [0.15, 0.2) is 42.5 Å². The summed E-state index contributed by atoms with van der Waals surface area (Å²) in [6.45, 7) is 3.30. The van der Waals surface area contributed by atoms with Gasteiger partial charge in [-0.05, 0) is 42.2 Å². The summed E-state index contributed by atoms with van der Waals surface area (Å²) < 4.78 is 0. The van der Waals surface area contributed by atoms with Gasteiger partial charge in [-0.1, -0.05) is 25.1 Å². The maximum atomic E-state index is 5.93. The van der Waals surface area contributed by atoms with Gasteiger partial charge in [-0.3, -0.25) is 0 Å². The van der Waals surface area contributed by atoms with E-state index in [4.69, 9.17) is 11.5 Å². The zero-order valence-electron chi connectivity index (χ0n) is 11.1. The molecule has 1 heterocycles. The number of nitrogen functional groups attached to an aromatic ring is 2. The fourth-order valence-corrected chi connectivity index (χ4v) is 2.77. The molecule has 0 aliphatic carbocycles. The molecule has 2 aromatic carbocycles. The highest BCUT2D eigenvalue weighted by molar-refractivity contribution is 5.75. The molecule has 3 nitrogen and oxygen atoms in total. The fraction of sp³-hybridized carbons (Fsp3) is 0.250. The Labute approximate surface area is 113 Å². The van der Waals surface area contributed by atoms with Crippen LogP contribution in [0.3, 0.4) is 0 Å². The second kappa shape index (κ2) is 4.50. The third-order valence-corrected chi connectivity index (χ3v) is 3.73. The Morgan fingerprint density at radius 3 is 2.63 bits per heavy atom. The number of benzene rings is 2. The van der Waals surface area contributed by atoms with E-state index >= 15 is 0 Å². The Morgan fingerprint density at radius 1 is 1.05 bits per heavy atom. The van der Waals surface area contributed by atoms with Crippen LogP contribution < -0.4 is 16.4 Å². The van der Waals surface area contributed by atoms with Crippen molar-refractivity contribution in [3.05, 3.63) is 48.0 Å². The molecule has 3 rings (SSSR count). The molecule has 98 valence electrons. The Morgan fingerprint density at radius 2 is 1.84 bits per heavy atom. The molecule has 0 radical (unpaired) electrons. The van der Waals surface area contributed by atoms with Crippen molar-refractivity contribution in [2.75, 3.05) is 22.9 Å². The zero-order chi connectivity index (χ0) is 13.4. The van der Waals surface area contributed by atoms with Crippen LogP contribution in [-0.4, -0.2) is 6.54 Å². The van der Waals surface area contributed by atoms with E-state index in [1.54, 1.807) is 0 Å². The van der Waals surface area contributed by atoms with Crippen molar-refractivity contribution in [3.8, 4) is 0 Å². The highest BCUT2D eigenvalue weighted by Gasteiger charge is 2.22. The Hall–Kier alpha value is -2.16. The molecular weight excluding hydrogens is 234 g/mol. The normalized spacial score (nSPS) is 18.2. The summed E-state index contributed by atoms with van der Waals surface area (Å²) in [5.41, 5.74) is 16.8. The maximum Gasteiger partial charge on any atom is 0.0568 e. The summed E-state index contributed by atoms with van der Waals surface area (Å²) in [5, 5.41) is 0. The minimum atomic E-state index is 0.633. The van der Waals surface area contributed by atoms with Crippen molar-refractivity contribution in [1.29, 1.82) is 0 Å². The lowest BCUT2D eigenvalue weighted by atomic mass is 9.93. The third-order valence-electron chi connectivity index (χ3n) is 3.73. The van der Waals surface area contributed by atoms with E-state index in [9.17, 15) is 0 Å². The number of fused-ring (bicyclic) bond motifs is 1. The number of rotatable bonds is 1. The number of nitrogens with two attached hydrogens (primary N) is 2. The largest absolute Gasteiger partial charge is 0.397 e. The Balaban J connectivity index is 2.07. The first-order valence-electron chi connectivity index (χ1n) is 6.65. The van der Waals surface area contributed by atoms with E-state index in [0.717, 1.165) is 18.7 Å². The van der Waals surface area contributed by atoms with Crippen molar-refractivity contribution in [1.82, 2.24) is 0 Å². The van der Waals surface area contributed by atoms with Crippen LogP contribution in [0.4, 0.5) is 22.7 Å². The molecule has 2 aromatic rings. The minimum Gasteiger partial charge on any atom is -0.397 e. The summed E-state index contributed by atoms with van der Waals surface area (Å²) in [4.78, 5) is 2.33. The number of anilines is 4. The molecule has 1 aliphatic rings. The average molecular weight is 253 g/mol. The first-order chi connectivity index (χ1) is 9.15. The van der Waals surface area contributed by atoms with Crippen LogP contribution in [0, 0.1) is 5.92 Å². The van der Waals surface area contributed by atoms with Crippen LogP contribution >= 0.6 is 0 Å². The van der Waals surface area contributed by atoms with Crippen LogP contribution in [-0.2, 0) is 6.42 Å². The van der Waals surface area contributed by atoms with Gasteiger partial charge >= 0.3 is 0 Å². The molecule has 3 heteroatoms. The molecule has 0 bridgehead atoms. The second-order valence-electron chi connectivity index (χ2n) is 5.36. The van der Waals surface area contributed by atoms with Gasteiger partial charge in [0.25, 0.3) is 0 Å². The molecule has 4 N–H and O–H groups in total. The maximum absolute atomic E-state index is 5.93. The molecule has 19 heavy (non-hydrogen) atoms. The van der Waals surface area contributed by atoms with Crippen molar-refractivity contribution in [3.63, 3.8) is 0 Å². The summed E-state index contributed by atoms with van der Waals surface area (Å²) in [6, 6.07) is 14.5. The zero-order valence-corrected chi connectivity index (χ0v) is 11.1. The lowest BCUT2D eigenvalue weighted by Gasteiger charge is -2.35. The van der Waals surface area contributed by atoms with Crippen molar-refractivity contribution in [2.24, 2.45) is 5.92 Å². The highest BCUT2D eigenvalue weighted by Crippen LogP contribution is 2.36. The lowest BCUT2D eigenvalue weighted by molar-refractivity contribution is 0.562. The van der Waals surface area contributed by atoms with Gasteiger partial charge in [0.1, 0.15) is 0 Å². The van der Waals surface area contributed by atoms with E-state index in [0.29, 0.717) is 17.3 Å². The van der Waals surface area contributed by atoms with E-state index in [1.807, 2.05) is 18.2 Å². The van der Waals surface area contributed by atoms with Gasteiger partial charge < -0.3 is 16.4 Å². The van der Waals surface area contributed by atoms with Crippen molar-refractivity contribution < 1.29 is 0 Å². The van der Waals surface area contributed by atoms with Crippen LogP contribution in [0.5, 0.6) is 0 Å². The van der Waals surface area contributed by atoms with Crippen LogP contribution in [0.1, 0.15) is 12.5 Å². The van der Waals surface area contributed by atoms with Gasteiger partial charge in [0.2, 0.25) is 0 Å². The quantitative estimate of drug-likeness (QED) is 0.767. The number of hydrogen-bond donors (Lipinski definition) is 2. The number of hydrogen-bond acceptors (Lipinski definition) is 3. The van der Waals surface area contributed by atoms with Crippen LogP contribution in [0.2, 0.25) is 0 Å². The summed E-state index contributed by atoms with van der Waals surface area (Å²) in [6.07, 6.45) is 1.14. The second-order valence-corrected chi connectivity index (χ2v) is 5.36. The molecular formula is C16H19N3. The van der Waals surface area contributed by atoms with Crippen LogP contribution in [0.25, 0.3) is 0 Å². The fourth-order valence-electron chi connectivity index (χ4n) is 2.77. The summed E-state index contributed by atoms with van der Waals surface area (Å²) in [7, 11) is 0. The number of nitrogens with zero attached hydrogens (tertiary/aromatic N) is 1. The standard InChI is InChI=1S/C16H19N3/c1-11-8-12-4-2-3-5-16(12)19(10-11)13-6-7-14(17)15(18)9-13/h2-7,9,11H,8,10,17-18H2,1H3. The predicted molar refractivity (Wildman–Crippen MR) is 81.6 cm³/mol. The monoisotopic (exact) mass is 253 g/mol. The molecule has 0 aromatic heterocycles. The summed E-state index contributed by atoms with van der Waals surface area (Å²) >= 11 is 0. The van der Waals surface area contributed by atoms with Gasteiger partial charge in [0, 0.05) is 17.9 Å². The van der Waals surface area contributed by atoms with Crippen molar-refractivity contribution >= 4 is 22.7 Å². The number of para-hydroxylation sites is 1. The van der Waals surface area contributed by atoms with E-state index in [-0.39, 0.29) is 0 Å². The topological polar surface area (TPSA) is 55.3 Å². The van der Waals surface area contributed by atoms with E-state index < -0.39 is 0 Å². The Bertz CT molecular complexity index is 607. The molecule has 0 fully saturated rings. The molecule has 0 saturated heterocycles. The van der Waals surface area contributed by atoms with E-state index in [2.05, 4.69) is 36.1 Å². The average Bonchev–Trinajstić information content (AvgIpc) is 2.41. The third kappa shape index (κ3) is 2.12. The van der Waals surface area contributed by atoms with Gasteiger partial charge in [-0.15, -0.1) is 0 Å². The first-order valence-corrected chi connectivity index (χ1v) is 6.65. The molecule has 1 atom stereocenters. The smallest absolute Gasteiger partial charge is 0.0568 e. The van der Waals surface area contributed by atoms with Gasteiger partial charge in [0.05, 0.1) is 11.4 Å².